The van der Waals surface area contributed by atoms with Crippen LogP contribution in [0.1, 0.15) is 149 Å². The van der Waals surface area contributed by atoms with Gasteiger partial charge in [0.2, 0.25) is 0 Å². The molecule has 4 fully saturated rings. The highest BCUT2D eigenvalue weighted by molar-refractivity contribution is 5.91. The molecule has 11 rings (SSSR count). The second-order valence-corrected chi connectivity index (χ2v) is 19.4. The molecular weight excluding hydrogens is 687 g/mol. The lowest BCUT2D eigenvalue weighted by Crippen LogP contribution is -2.17. The summed E-state index contributed by atoms with van der Waals surface area (Å²) in [4.78, 5) is 2.54. The van der Waals surface area contributed by atoms with Crippen LogP contribution in [-0.4, -0.2) is 0 Å². The molecule has 1 nitrogen and oxygen atoms in total. The Morgan fingerprint density at radius 1 is 0.439 bits per heavy atom. The first-order valence-corrected chi connectivity index (χ1v) is 22.8. The van der Waals surface area contributed by atoms with E-state index in [4.69, 9.17) is 0 Å². The third kappa shape index (κ3) is 6.36. The first-order chi connectivity index (χ1) is 28.0. The van der Waals surface area contributed by atoms with Crippen molar-refractivity contribution in [2.75, 3.05) is 4.90 Å². The Morgan fingerprint density at radius 3 is 1.72 bits per heavy atom. The number of hydrogen-bond donors (Lipinski definition) is 0. The molecule has 5 aliphatic rings. The van der Waals surface area contributed by atoms with Crippen molar-refractivity contribution >= 4 is 27.8 Å². The molecule has 6 aromatic rings. The molecule has 0 N–H and O–H groups in total. The molecule has 0 spiro atoms. The maximum atomic E-state index is 2.54. The van der Waals surface area contributed by atoms with Gasteiger partial charge in [0.1, 0.15) is 0 Å². The zero-order chi connectivity index (χ0) is 38.1. The van der Waals surface area contributed by atoms with Gasteiger partial charge in [0.25, 0.3) is 0 Å². The van der Waals surface area contributed by atoms with Crippen LogP contribution in [-0.2, 0) is 5.41 Å². The van der Waals surface area contributed by atoms with Crippen molar-refractivity contribution in [2.24, 2.45) is 11.8 Å². The molecule has 288 valence electrons. The Balaban J connectivity index is 0.958. The zero-order valence-corrected chi connectivity index (χ0v) is 34.3. The molecule has 2 bridgehead atoms. The van der Waals surface area contributed by atoms with Crippen molar-refractivity contribution < 1.29 is 0 Å². The van der Waals surface area contributed by atoms with Crippen molar-refractivity contribution in [3.05, 3.63) is 149 Å². The minimum atomic E-state index is -0.117. The highest BCUT2D eigenvalue weighted by atomic mass is 15.1. The van der Waals surface area contributed by atoms with Gasteiger partial charge < -0.3 is 4.90 Å². The predicted molar refractivity (Wildman–Crippen MR) is 241 cm³/mol. The van der Waals surface area contributed by atoms with Gasteiger partial charge in [-0.2, -0.15) is 0 Å². The molecule has 1 heteroatoms. The van der Waals surface area contributed by atoms with Crippen LogP contribution in [0.25, 0.3) is 33.0 Å². The van der Waals surface area contributed by atoms with Crippen LogP contribution in [0.2, 0.25) is 0 Å². The Morgan fingerprint density at radius 2 is 1.02 bits per heavy atom. The summed E-state index contributed by atoms with van der Waals surface area (Å²) in [7, 11) is 0. The topological polar surface area (TPSA) is 3.24 Å². The molecule has 0 saturated heterocycles. The van der Waals surface area contributed by atoms with Gasteiger partial charge in [-0.05, 0) is 178 Å². The van der Waals surface area contributed by atoms with Crippen LogP contribution in [0.4, 0.5) is 17.1 Å². The summed E-state index contributed by atoms with van der Waals surface area (Å²) in [6, 6.07) is 48.3. The van der Waals surface area contributed by atoms with E-state index in [1.807, 2.05) is 0 Å². The molecule has 0 radical (unpaired) electrons. The molecule has 6 aromatic carbocycles. The fourth-order valence-corrected chi connectivity index (χ4v) is 12.5. The van der Waals surface area contributed by atoms with Crippen LogP contribution in [0.15, 0.2) is 121 Å². The SMILES string of the molecule is CC1(C)c2cc(-c3ccc(C4CCCCC4)cc3)ccc2-c2ccc(N(c3ccc(C4CC5CCC4C5)cc3)c3ccc4ccc(C5CCCCC5)cc4c3)cc21. The minimum Gasteiger partial charge on any atom is -0.310 e. The summed E-state index contributed by atoms with van der Waals surface area (Å²) in [5.74, 6) is 4.02. The molecule has 3 atom stereocenters. The van der Waals surface area contributed by atoms with Gasteiger partial charge in [0, 0.05) is 22.5 Å². The van der Waals surface area contributed by atoms with Crippen molar-refractivity contribution in [1.29, 1.82) is 0 Å². The predicted octanol–water partition coefficient (Wildman–Crippen LogP) is 16.3. The smallest absolute Gasteiger partial charge is 0.0468 e. The minimum absolute atomic E-state index is 0.117. The molecular formula is C56H59N. The zero-order valence-electron chi connectivity index (χ0n) is 34.3. The molecule has 3 unspecified atom stereocenters. The fraction of sp³-hybridized carbons (Fsp3) is 0.393. The average Bonchev–Trinajstić information content (AvgIpc) is 3.97. The second-order valence-electron chi connectivity index (χ2n) is 19.4. The first kappa shape index (κ1) is 35.5. The van der Waals surface area contributed by atoms with Crippen LogP contribution in [0, 0.1) is 11.8 Å². The van der Waals surface area contributed by atoms with Gasteiger partial charge in [-0.15, -0.1) is 0 Å². The third-order valence-corrected chi connectivity index (χ3v) is 15.7. The first-order valence-electron chi connectivity index (χ1n) is 22.8. The molecule has 4 saturated carbocycles. The van der Waals surface area contributed by atoms with Gasteiger partial charge in [0.15, 0.2) is 0 Å². The monoisotopic (exact) mass is 745 g/mol. The number of nitrogens with zero attached hydrogens (tertiary/aromatic N) is 1. The fourth-order valence-electron chi connectivity index (χ4n) is 12.5. The quantitative estimate of drug-likeness (QED) is 0.157. The number of hydrogen-bond acceptors (Lipinski definition) is 1. The van der Waals surface area contributed by atoms with E-state index in [1.54, 1.807) is 5.56 Å². The number of anilines is 3. The van der Waals surface area contributed by atoms with Crippen LogP contribution in [0.5, 0.6) is 0 Å². The highest BCUT2D eigenvalue weighted by Crippen LogP contribution is 2.54. The number of rotatable bonds is 7. The van der Waals surface area contributed by atoms with E-state index in [0.29, 0.717) is 5.92 Å². The van der Waals surface area contributed by atoms with Crippen LogP contribution >= 0.6 is 0 Å². The van der Waals surface area contributed by atoms with E-state index in [1.165, 1.54) is 162 Å². The summed E-state index contributed by atoms with van der Waals surface area (Å²) < 4.78 is 0. The third-order valence-electron chi connectivity index (χ3n) is 15.7. The van der Waals surface area contributed by atoms with E-state index in [-0.39, 0.29) is 5.41 Å². The Hall–Kier alpha value is -4.62. The molecule has 57 heavy (non-hydrogen) atoms. The molecule has 0 aromatic heterocycles. The van der Waals surface area contributed by atoms with Gasteiger partial charge in [0.05, 0.1) is 0 Å². The van der Waals surface area contributed by atoms with Crippen molar-refractivity contribution in [2.45, 2.75) is 127 Å². The standard InChI is InChI=1S/C56H59N/c1-56(2)54-35-45(41-17-15-40(16-18-41)38-9-5-3-6-10-38)24-29-51(54)52-30-28-50(36-55(52)56)57(48-25-22-43(23-26-48)53-32-37-13-14-46(53)31-37)49-27-21-42-19-20-44(33-47(42)34-49)39-11-7-4-8-12-39/h15-30,33-39,46,53H,3-14,31-32H2,1-2H3. The summed E-state index contributed by atoms with van der Waals surface area (Å²) >= 11 is 0. The summed E-state index contributed by atoms with van der Waals surface area (Å²) in [5.41, 5.74) is 16.5. The highest BCUT2D eigenvalue weighted by Gasteiger charge is 2.40. The Bertz CT molecular complexity index is 2420. The van der Waals surface area contributed by atoms with Gasteiger partial charge in [-0.1, -0.05) is 138 Å². The summed E-state index contributed by atoms with van der Waals surface area (Å²) in [5, 5.41) is 2.68. The number of benzene rings is 6. The van der Waals surface area contributed by atoms with Crippen molar-refractivity contribution in [3.8, 4) is 22.3 Å². The van der Waals surface area contributed by atoms with Crippen LogP contribution < -0.4 is 4.90 Å². The van der Waals surface area contributed by atoms with E-state index < -0.39 is 0 Å². The average molecular weight is 746 g/mol. The lowest BCUT2D eigenvalue weighted by molar-refractivity contribution is 0.420. The normalized spacial score (nSPS) is 22.8. The van der Waals surface area contributed by atoms with Gasteiger partial charge in [-0.25, -0.2) is 0 Å². The molecule has 5 aliphatic carbocycles. The molecule has 0 aliphatic heterocycles. The lowest BCUT2D eigenvalue weighted by atomic mass is 9.81. The summed E-state index contributed by atoms with van der Waals surface area (Å²) in [6.07, 6.45) is 19.3. The van der Waals surface area contributed by atoms with E-state index in [2.05, 4.69) is 140 Å². The lowest BCUT2D eigenvalue weighted by Gasteiger charge is -2.29. The second kappa shape index (κ2) is 14.3. The van der Waals surface area contributed by atoms with Gasteiger partial charge in [-0.3, -0.25) is 0 Å². The van der Waals surface area contributed by atoms with E-state index in [9.17, 15) is 0 Å². The van der Waals surface area contributed by atoms with Crippen molar-refractivity contribution in [1.82, 2.24) is 0 Å². The molecule has 0 heterocycles. The maximum absolute atomic E-state index is 2.54. The largest absolute Gasteiger partial charge is 0.310 e. The number of fused-ring (bicyclic) bond motifs is 6. The maximum Gasteiger partial charge on any atom is 0.0468 e. The van der Waals surface area contributed by atoms with E-state index >= 15 is 0 Å². The van der Waals surface area contributed by atoms with Crippen LogP contribution in [0.3, 0.4) is 0 Å². The Labute approximate surface area is 341 Å². The Kier molecular flexibility index (Phi) is 8.94. The van der Waals surface area contributed by atoms with Gasteiger partial charge >= 0.3 is 0 Å². The molecule has 0 amide bonds. The van der Waals surface area contributed by atoms with E-state index in [0.717, 1.165) is 23.7 Å². The van der Waals surface area contributed by atoms with Crippen molar-refractivity contribution in [3.63, 3.8) is 0 Å². The summed E-state index contributed by atoms with van der Waals surface area (Å²) in [6.45, 7) is 4.88.